The first-order chi connectivity index (χ1) is 10.6. The number of rotatable bonds is 5. The van der Waals surface area contributed by atoms with E-state index in [2.05, 4.69) is 5.32 Å². The van der Waals surface area contributed by atoms with Crippen LogP contribution < -0.4 is 5.32 Å². The molecule has 1 atom stereocenters. The predicted molar refractivity (Wildman–Crippen MR) is 77.5 cm³/mol. The fourth-order valence-electron chi connectivity index (χ4n) is 2.20. The second kappa shape index (κ2) is 6.89. The Hall–Kier alpha value is -2.63. The molecule has 0 unspecified atom stereocenters. The smallest absolute Gasteiger partial charge is 0.335 e. The molecule has 1 heterocycles. The maximum atomic E-state index is 11.8. The number of nitrogens with one attached hydrogen (secondary N) is 1. The molecule has 0 aliphatic carbocycles. The van der Waals surface area contributed by atoms with E-state index in [1.165, 1.54) is 13.2 Å². The van der Waals surface area contributed by atoms with Crippen LogP contribution in [0.3, 0.4) is 0 Å². The van der Waals surface area contributed by atoms with Gasteiger partial charge in [0.1, 0.15) is 6.61 Å². The van der Waals surface area contributed by atoms with Gasteiger partial charge < -0.3 is 14.8 Å². The Morgan fingerprint density at radius 1 is 1.32 bits per heavy atom. The number of carbonyl (C=O) groups is 3. The normalized spacial score (nSPS) is 20.7. The molecule has 1 aromatic carbocycles. The van der Waals surface area contributed by atoms with Crippen LogP contribution in [-0.2, 0) is 30.5 Å². The molecule has 1 aliphatic heterocycles. The number of hydrogen-bond donors (Lipinski definition) is 1. The Bertz CT molecular complexity index is 596. The molecule has 0 radical (unpaired) electrons. The van der Waals surface area contributed by atoms with Crippen molar-refractivity contribution in [3.05, 3.63) is 48.0 Å². The number of benzene rings is 1. The highest BCUT2D eigenvalue weighted by Crippen LogP contribution is 2.23. The van der Waals surface area contributed by atoms with Crippen molar-refractivity contribution in [1.29, 1.82) is 0 Å². The van der Waals surface area contributed by atoms with Gasteiger partial charge in [0.2, 0.25) is 5.91 Å². The van der Waals surface area contributed by atoms with Crippen LogP contribution in [0.25, 0.3) is 0 Å². The molecule has 1 amide bonds. The third kappa shape index (κ3) is 3.72. The van der Waals surface area contributed by atoms with E-state index < -0.39 is 17.5 Å². The van der Waals surface area contributed by atoms with Crippen molar-refractivity contribution in [3.63, 3.8) is 0 Å². The molecule has 0 bridgehead atoms. The minimum Gasteiger partial charge on any atom is -0.467 e. The molecule has 116 valence electrons. The lowest BCUT2D eigenvalue weighted by Gasteiger charge is -2.21. The van der Waals surface area contributed by atoms with E-state index in [1.807, 2.05) is 30.3 Å². The standard InChI is InChI=1S/C16H17NO5/c1-21-15(20)16(9-7-13(18)17-16)10-8-14(19)22-11-12-5-3-2-4-6-12/h2-6,8,10H,7,9,11H2,1H3,(H,17,18)/b10-8+/t16-/m1/s1. The molecule has 1 saturated heterocycles. The highest BCUT2D eigenvalue weighted by Gasteiger charge is 2.43. The first-order valence-corrected chi connectivity index (χ1v) is 6.85. The maximum absolute atomic E-state index is 11.8. The zero-order chi connectivity index (χ0) is 16.0. The molecule has 2 rings (SSSR count). The first kappa shape index (κ1) is 15.8. The second-order valence-electron chi connectivity index (χ2n) is 4.94. The zero-order valence-corrected chi connectivity index (χ0v) is 12.2. The summed E-state index contributed by atoms with van der Waals surface area (Å²) in [4.78, 5) is 34.9. The van der Waals surface area contributed by atoms with E-state index in [-0.39, 0.29) is 25.4 Å². The second-order valence-corrected chi connectivity index (χ2v) is 4.94. The molecular weight excluding hydrogens is 286 g/mol. The predicted octanol–water partition coefficient (Wildman–Crippen LogP) is 1.11. The van der Waals surface area contributed by atoms with Crippen molar-refractivity contribution >= 4 is 17.8 Å². The molecule has 6 heteroatoms. The van der Waals surface area contributed by atoms with Crippen LogP contribution in [0.5, 0.6) is 0 Å². The highest BCUT2D eigenvalue weighted by atomic mass is 16.5. The highest BCUT2D eigenvalue weighted by molar-refractivity contribution is 5.95. The Kier molecular flexibility index (Phi) is 4.93. The van der Waals surface area contributed by atoms with Gasteiger partial charge >= 0.3 is 11.9 Å². The average molecular weight is 303 g/mol. The molecule has 0 saturated carbocycles. The van der Waals surface area contributed by atoms with Gasteiger partial charge in [-0.3, -0.25) is 4.79 Å². The minimum absolute atomic E-state index is 0.140. The van der Waals surface area contributed by atoms with Crippen LogP contribution in [0.2, 0.25) is 0 Å². The number of amides is 1. The summed E-state index contributed by atoms with van der Waals surface area (Å²) >= 11 is 0. The summed E-state index contributed by atoms with van der Waals surface area (Å²) in [5, 5.41) is 2.54. The van der Waals surface area contributed by atoms with Gasteiger partial charge in [0, 0.05) is 12.5 Å². The quantitative estimate of drug-likeness (QED) is 0.651. The van der Waals surface area contributed by atoms with E-state index in [4.69, 9.17) is 9.47 Å². The van der Waals surface area contributed by atoms with Gasteiger partial charge in [-0.25, -0.2) is 9.59 Å². The Labute approximate surface area is 128 Å². The van der Waals surface area contributed by atoms with Crippen molar-refractivity contribution < 1.29 is 23.9 Å². The van der Waals surface area contributed by atoms with Crippen LogP contribution in [0, 0.1) is 0 Å². The lowest BCUT2D eigenvalue weighted by atomic mass is 9.97. The average Bonchev–Trinajstić information content (AvgIpc) is 2.93. The minimum atomic E-state index is -1.28. The van der Waals surface area contributed by atoms with Crippen molar-refractivity contribution in [2.75, 3.05) is 7.11 Å². The molecular formula is C16H17NO5. The summed E-state index contributed by atoms with van der Waals surface area (Å²) in [6.07, 6.45) is 2.93. The number of hydrogen-bond acceptors (Lipinski definition) is 5. The van der Waals surface area contributed by atoms with Gasteiger partial charge in [-0.15, -0.1) is 0 Å². The fraction of sp³-hybridized carbons (Fsp3) is 0.312. The fourth-order valence-corrected chi connectivity index (χ4v) is 2.20. The van der Waals surface area contributed by atoms with Gasteiger partial charge in [-0.05, 0) is 18.1 Å². The van der Waals surface area contributed by atoms with Crippen molar-refractivity contribution in [2.45, 2.75) is 25.0 Å². The Morgan fingerprint density at radius 3 is 2.64 bits per heavy atom. The molecule has 0 aromatic heterocycles. The molecule has 22 heavy (non-hydrogen) atoms. The third-order valence-electron chi connectivity index (χ3n) is 3.39. The summed E-state index contributed by atoms with van der Waals surface area (Å²) in [5.74, 6) is -1.45. The Morgan fingerprint density at radius 2 is 2.05 bits per heavy atom. The first-order valence-electron chi connectivity index (χ1n) is 6.85. The maximum Gasteiger partial charge on any atom is 0.335 e. The van der Waals surface area contributed by atoms with E-state index in [0.29, 0.717) is 0 Å². The molecule has 1 aromatic rings. The van der Waals surface area contributed by atoms with Gasteiger partial charge in [-0.1, -0.05) is 30.3 Å². The van der Waals surface area contributed by atoms with Crippen molar-refractivity contribution in [1.82, 2.24) is 5.32 Å². The molecule has 1 fully saturated rings. The third-order valence-corrected chi connectivity index (χ3v) is 3.39. The number of methoxy groups -OCH3 is 1. The molecule has 6 nitrogen and oxygen atoms in total. The van der Waals surface area contributed by atoms with Crippen LogP contribution in [-0.4, -0.2) is 30.5 Å². The largest absolute Gasteiger partial charge is 0.467 e. The summed E-state index contributed by atoms with van der Waals surface area (Å²) < 4.78 is 9.77. The number of carbonyl (C=O) groups excluding carboxylic acids is 3. The van der Waals surface area contributed by atoms with Crippen LogP contribution in [0.4, 0.5) is 0 Å². The Balaban J connectivity index is 1.97. The van der Waals surface area contributed by atoms with E-state index in [1.54, 1.807) is 0 Å². The van der Waals surface area contributed by atoms with E-state index in [9.17, 15) is 14.4 Å². The lowest BCUT2D eigenvalue weighted by molar-refractivity contribution is -0.146. The zero-order valence-electron chi connectivity index (χ0n) is 12.2. The van der Waals surface area contributed by atoms with Crippen molar-refractivity contribution in [3.8, 4) is 0 Å². The number of esters is 2. The summed E-state index contributed by atoms with van der Waals surface area (Å²) in [5.41, 5.74) is -0.418. The van der Waals surface area contributed by atoms with Crippen molar-refractivity contribution in [2.24, 2.45) is 0 Å². The van der Waals surface area contributed by atoms with Crippen LogP contribution in [0.15, 0.2) is 42.5 Å². The summed E-state index contributed by atoms with van der Waals surface area (Å²) in [7, 11) is 1.23. The molecule has 1 aliphatic rings. The van der Waals surface area contributed by atoms with E-state index in [0.717, 1.165) is 11.6 Å². The topological polar surface area (TPSA) is 81.7 Å². The van der Waals surface area contributed by atoms with Gasteiger partial charge in [-0.2, -0.15) is 0 Å². The monoisotopic (exact) mass is 303 g/mol. The van der Waals surface area contributed by atoms with Crippen LogP contribution >= 0.6 is 0 Å². The summed E-state index contributed by atoms with van der Waals surface area (Å²) in [6, 6.07) is 9.24. The molecule has 1 N–H and O–H groups in total. The lowest BCUT2D eigenvalue weighted by Crippen LogP contribution is -2.48. The molecule has 0 spiro atoms. The van der Waals surface area contributed by atoms with Gasteiger partial charge in [0.15, 0.2) is 5.54 Å². The summed E-state index contributed by atoms with van der Waals surface area (Å²) in [6.45, 7) is 0.140. The SMILES string of the molecule is COC(=O)[C@]1(/C=C/C(=O)OCc2ccccc2)CCC(=O)N1. The van der Waals surface area contributed by atoms with Gasteiger partial charge in [0.25, 0.3) is 0 Å². The number of ether oxygens (including phenoxy) is 2. The van der Waals surface area contributed by atoms with Crippen LogP contribution in [0.1, 0.15) is 18.4 Å². The van der Waals surface area contributed by atoms with Gasteiger partial charge in [0.05, 0.1) is 7.11 Å². The van der Waals surface area contributed by atoms with E-state index >= 15 is 0 Å².